The molecule has 0 aromatic heterocycles. The smallest absolute Gasteiger partial charge is 0.329 e. The van der Waals surface area contributed by atoms with E-state index in [1.165, 1.54) is 37.3 Å². The maximum absolute atomic E-state index is 13.0. The number of carboxylic acids is 1. The van der Waals surface area contributed by atoms with E-state index in [9.17, 15) is 23.1 Å². The fourth-order valence-corrected chi connectivity index (χ4v) is 4.61. The van der Waals surface area contributed by atoms with Crippen molar-refractivity contribution in [3.8, 4) is 0 Å². The second-order valence-corrected chi connectivity index (χ2v) is 9.08. The standard InChI is InChI=1S/C18H26N2O5S/c1-13-8-9-14(16(21)19(4)18(2,3)17(22)23)12-15(13)26(24,25)20-10-6-5-7-11-20/h8-9,12H,5-7,10-11H2,1-4H3,(H,22,23). The molecule has 0 radical (unpaired) electrons. The summed E-state index contributed by atoms with van der Waals surface area (Å²) < 4.78 is 27.4. The number of aliphatic carboxylic acids is 1. The zero-order valence-electron chi connectivity index (χ0n) is 15.7. The molecule has 1 saturated heterocycles. The molecule has 1 heterocycles. The number of hydrogen-bond donors (Lipinski definition) is 1. The summed E-state index contributed by atoms with van der Waals surface area (Å²) in [6, 6.07) is 4.48. The Hall–Kier alpha value is -1.93. The van der Waals surface area contributed by atoms with Crippen LogP contribution >= 0.6 is 0 Å². The van der Waals surface area contributed by atoms with Crippen molar-refractivity contribution in [3.05, 3.63) is 29.3 Å². The molecule has 0 saturated carbocycles. The van der Waals surface area contributed by atoms with Gasteiger partial charge in [0.25, 0.3) is 5.91 Å². The molecule has 1 fully saturated rings. The molecule has 1 aromatic rings. The normalized spacial score (nSPS) is 16.3. The second-order valence-electron chi connectivity index (χ2n) is 7.17. The second kappa shape index (κ2) is 7.36. The molecule has 1 aromatic carbocycles. The minimum absolute atomic E-state index is 0.104. The van der Waals surface area contributed by atoms with E-state index in [0.29, 0.717) is 18.7 Å². The SMILES string of the molecule is Cc1ccc(C(=O)N(C)C(C)(C)C(=O)O)cc1S(=O)(=O)N1CCCCC1. The van der Waals surface area contributed by atoms with Gasteiger partial charge in [-0.25, -0.2) is 13.2 Å². The Morgan fingerprint density at radius 1 is 1.15 bits per heavy atom. The Labute approximate surface area is 154 Å². The van der Waals surface area contributed by atoms with Crippen LogP contribution in [0.4, 0.5) is 0 Å². The fourth-order valence-electron chi connectivity index (χ4n) is 2.85. The molecule has 144 valence electrons. The van der Waals surface area contributed by atoms with E-state index in [-0.39, 0.29) is 10.5 Å². The highest BCUT2D eigenvalue weighted by molar-refractivity contribution is 7.89. The molecule has 8 heteroatoms. The summed E-state index contributed by atoms with van der Waals surface area (Å²) in [6.45, 7) is 5.49. The Morgan fingerprint density at radius 3 is 2.27 bits per heavy atom. The van der Waals surface area contributed by atoms with Crippen LogP contribution in [0.5, 0.6) is 0 Å². The van der Waals surface area contributed by atoms with E-state index in [0.717, 1.165) is 24.2 Å². The molecule has 0 unspecified atom stereocenters. The van der Waals surface area contributed by atoms with Crippen LogP contribution in [0.25, 0.3) is 0 Å². The van der Waals surface area contributed by atoms with Crippen molar-refractivity contribution in [2.45, 2.75) is 50.5 Å². The summed E-state index contributed by atoms with van der Waals surface area (Å²) in [5.41, 5.74) is -0.691. The molecule has 0 atom stereocenters. The molecule has 1 aliphatic heterocycles. The number of benzene rings is 1. The lowest BCUT2D eigenvalue weighted by Gasteiger charge is -2.32. The lowest BCUT2D eigenvalue weighted by atomic mass is 10.0. The topological polar surface area (TPSA) is 95.0 Å². The van der Waals surface area contributed by atoms with Gasteiger partial charge in [0, 0.05) is 25.7 Å². The van der Waals surface area contributed by atoms with Crippen LogP contribution in [0.3, 0.4) is 0 Å². The summed E-state index contributed by atoms with van der Waals surface area (Å²) in [7, 11) is -2.28. The molecule has 7 nitrogen and oxygen atoms in total. The molecule has 1 amide bonds. The van der Waals surface area contributed by atoms with E-state index < -0.39 is 27.4 Å². The first-order valence-electron chi connectivity index (χ1n) is 8.62. The number of piperidine rings is 1. The molecular weight excluding hydrogens is 356 g/mol. The number of nitrogens with zero attached hydrogens (tertiary/aromatic N) is 2. The van der Waals surface area contributed by atoms with Crippen molar-refractivity contribution in [3.63, 3.8) is 0 Å². The summed E-state index contributed by atoms with van der Waals surface area (Å²) >= 11 is 0. The predicted octanol–water partition coefficient (Wildman–Crippen LogP) is 2.10. The summed E-state index contributed by atoms with van der Waals surface area (Å²) in [5.74, 6) is -1.67. The highest BCUT2D eigenvalue weighted by atomic mass is 32.2. The molecule has 0 spiro atoms. The van der Waals surface area contributed by atoms with Crippen LogP contribution in [-0.4, -0.2) is 60.3 Å². The first-order valence-corrected chi connectivity index (χ1v) is 10.1. The van der Waals surface area contributed by atoms with Gasteiger partial charge in [0.15, 0.2) is 0 Å². The third-order valence-electron chi connectivity index (χ3n) is 5.03. The first-order chi connectivity index (χ1) is 12.0. The number of likely N-dealkylation sites (N-methyl/N-ethyl adjacent to an activating group) is 1. The number of rotatable bonds is 5. The molecule has 0 aliphatic carbocycles. The van der Waals surface area contributed by atoms with E-state index in [4.69, 9.17) is 0 Å². The highest BCUT2D eigenvalue weighted by Crippen LogP contribution is 2.25. The number of aryl methyl sites for hydroxylation is 1. The maximum atomic E-state index is 13.0. The lowest BCUT2D eigenvalue weighted by Crippen LogP contribution is -2.50. The minimum Gasteiger partial charge on any atom is -0.480 e. The average molecular weight is 382 g/mol. The van der Waals surface area contributed by atoms with Gasteiger partial charge >= 0.3 is 5.97 Å². The zero-order chi connectivity index (χ0) is 19.7. The number of carbonyl (C=O) groups is 2. The Morgan fingerprint density at radius 2 is 1.73 bits per heavy atom. The van der Waals surface area contributed by atoms with Crippen LogP contribution < -0.4 is 0 Å². The third-order valence-corrected chi connectivity index (χ3v) is 7.08. The van der Waals surface area contributed by atoms with Crippen LogP contribution in [-0.2, 0) is 14.8 Å². The molecule has 2 rings (SSSR count). The first kappa shape index (κ1) is 20.4. The molecule has 1 aliphatic rings. The van der Waals surface area contributed by atoms with Crippen LogP contribution in [0.15, 0.2) is 23.1 Å². The molecular formula is C18H26N2O5S. The van der Waals surface area contributed by atoms with Gasteiger partial charge < -0.3 is 10.0 Å². The summed E-state index contributed by atoms with van der Waals surface area (Å²) in [6.07, 6.45) is 2.66. The van der Waals surface area contributed by atoms with E-state index >= 15 is 0 Å². The fraction of sp³-hybridized carbons (Fsp3) is 0.556. The third kappa shape index (κ3) is 3.76. The molecule has 26 heavy (non-hydrogen) atoms. The number of amides is 1. The van der Waals surface area contributed by atoms with Gasteiger partial charge in [-0.2, -0.15) is 4.31 Å². The van der Waals surface area contributed by atoms with Gasteiger partial charge in [0.1, 0.15) is 5.54 Å². The van der Waals surface area contributed by atoms with Crippen molar-refractivity contribution in [2.75, 3.05) is 20.1 Å². The van der Waals surface area contributed by atoms with Crippen molar-refractivity contribution in [1.82, 2.24) is 9.21 Å². The lowest BCUT2D eigenvalue weighted by molar-refractivity contribution is -0.147. The van der Waals surface area contributed by atoms with E-state index in [1.54, 1.807) is 13.0 Å². The van der Waals surface area contributed by atoms with Crippen molar-refractivity contribution >= 4 is 21.9 Å². The van der Waals surface area contributed by atoms with Gasteiger partial charge in [-0.1, -0.05) is 12.5 Å². The van der Waals surface area contributed by atoms with Crippen LogP contribution in [0.2, 0.25) is 0 Å². The maximum Gasteiger partial charge on any atom is 0.329 e. The summed E-state index contributed by atoms with van der Waals surface area (Å²) in [5, 5.41) is 9.31. The molecule has 1 N–H and O–H groups in total. The van der Waals surface area contributed by atoms with E-state index in [2.05, 4.69) is 0 Å². The quantitative estimate of drug-likeness (QED) is 0.841. The molecule has 0 bridgehead atoms. The van der Waals surface area contributed by atoms with Crippen LogP contribution in [0, 0.1) is 6.92 Å². The van der Waals surface area contributed by atoms with Crippen molar-refractivity contribution in [1.29, 1.82) is 0 Å². The average Bonchev–Trinajstić information content (AvgIpc) is 2.61. The van der Waals surface area contributed by atoms with Crippen LogP contribution in [0.1, 0.15) is 49.0 Å². The van der Waals surface area contributed by atoms with E-state index in [1.807, 2.05) is 0 Å². The predicted molar refractivity (Wildman–Crippen MR) is 97.6 cm³/mol. The van der Waals surface area contributed by atoms with Crippen molar-refractivity contribution in [2.24, 2.45) is 0 Å². The number of carboxylic acid groups (broad SMARTS) is 1. The number of carbonyl (C=O) groups excluding carboxylic acids is 1. The monoisotopic (exact) mass is 382 g/mol. The highest BCUT2D eigenvalue weighted by Gasteiger charge is 2.36. The largest absolute Gasteiger partial charge is 0.480 e. The number of sulfonamides is 1. The van der Waals surface area contributed by atoms with Crippen molar-refractivity contribution < 1.29 is 23.1 Å². The van der Waals surface area contributed by atoms with Gasteiger partial charge in [-0.15, -0.1) is 0 Å². The minimum atomic E-state index is -3.68. The summed E-state index contributed by atoms with van der Waals surface area (Å²) in [4.78, 5) is 25.3. The Kier molecular flexibility index (Phi) is 5.77. The Bertz CT molecular complexity index is 811. The number of hydrogen-bond acceptors (Lipinski definition) is 4. The van der Waals surface area contributed by atoms with Gasteiger partial charge in [-0.3, -0.25) is 4.79 Å². The van der Waals surface area contributed by atoms with Gasteiger partial charge in [0.2, 0.25) is 10.0 Å². The van der Waals surface area contributed by atoms with Gasteiger partial charge in [-0.05, 0) is 51.3 Å². The van der Waals surface area contributed by atoms with Gasteiger partial charge in [0.05, 0.1) is 4.90 Å². The Balaban J connectivity index is 2.41. The zero-order valence-corrected chi connectivity index (χ0v) is 16.5.